The lowest BCUT2D eigenvalue weighted by atomic mass is 10.0. The number of carbonyl (C=O) groups is 4. The molecule has 5 heterocycles. The van der Waals surface area contributed by atoms with Crippen LogP contribution >= 0.6 is 23.1 Å². The molecule has 0 aliphatic carbocycles. The summed E-state index contributed by atoms with van der Waals surface area (Å²) in [6.07, 6.45) is 3.77. The number of oxime groups is 1. The normalized spacial score (nSPS) is 19.3. The highest BCUT2D eigenvalue weighted by molar-refractivity contribution is 8.00. The first kappa shape index (κ1) is 27.1. The van der Waals surface area contributed by atoms with Crippen LogP contribution in [0.15, 0.2) is 50.9 Å². The maximum absolute atomic E-state index is 13.1. The Hall–Kier alpha value is -4.51. The molecular weight excluding hydrogens is 566 g/mol. The van der Waals surface area contributed by atoms with Gasteiger partial charge in [0.2, 0.25) is 17.1 Å². The second kappa shape index (κ2) is 10.2. The number of nitrogen functional groups attached to an aromatic ring is 1. The highest BCUT2D eigenvalue weighted by Gasteiger charge is 2.55. The maximum atomic E-state index is 13.1. The predicted molar refractivity (Wildman–Crippen MR) is 140 cm³/mol. The number of β-lactam (4-membered cyclic amide) rings is 1. The van der Waals surface area contributed by atoms with E-state index in [1.807, 2.05) is 34.5 Å². The summed E-state index contributed by atoms with van der Waals surface area (Å²) in [6.45, 7) is 2.68. The van der Waals surface area contributed by atoms with Crippen LogP contribution in [0.3, 0.4) is 0 Å². The minimum absolute atomic E-state index is 0.135. The Morgan fingerprint density at radius 1 is 1.35 bits per heavy atom. The first-order chi connectivity index (χ1) is 19.0. The van der Waals surface area contributed by atoms with Gasteiger partial charge < -0.3 is 30.6 Å². The molecule has 2 aliphatic rings. The molecular formula is C23H22N7O8S2+. The number of nitrogens with two attached hydrogens (primary N) is 1. The lowest BCUT2D eigenvalue weighted by molar-refractivity contribution is -0.687. The fourth-order valence-corrected chi connectivity index (χ4v) is 6.16. The van der Waals surface area contributed by atoms with Crippen molar-refractivity contribution in [3.8, 4) is 0 Å². The highest BCUT2D eigenvalue weighted by Crippen LogP contribution is 2.40. The van der Waals surface area contributed by atoms with E-state index in [4.69, 9.17) is 10.6 Å². The average molecular weight is 589 g/mol. The summed E-state index contributed by atoms with van der Waals surface area (Å²) in [7, 11) is 0. The first-order valence-electron chi connectivity index (χ1n) is 11.6. The molecule has 0 bridgehead atoms. The SMILES string of the molecule is CC(C)(ON=C(C(=O)NC1C(=O)N2C(C(=O)O)=C(C[n+]3ccc4ccsc4c3)CS[C@@H]12)c1noc(N)n1)C(=O)O. The Kier molecular flexibility index (Phi) is 6.92. The number of nitrogens with zero attached hydrogens (tertiary/aromatic N) is 5. The molecule has 2 aliphatic heterocycles. The lowest BCUT2D eigenvalue weighted by Gasteiger charge is -2.49. The van der Waals surface area contributed by atoms with Gasteiger partial charge in [-0.15, -0.1) is 23.1 Å². The standard InChI is InChI=1S/C23H21N7O8S2/c1-23(2,21(35)36)38-27-13(16-26-22(24)37-28-16)17(31)25-14-18(32)30-15(20(33)34)11(9-40-19(14)30)7-29-5-3-10-4-6-39-12(10)8-29/h3-6,8,14,19H,7,9H2,1-2H3,(H4-,24,25,26,28,31,33,34,35,36)/p+1/t14?,19-/m0/s1. The smallest absolute Gasteiger partial charge is 0.352 e. The Morgan fingerprint density at radius 2 is 2.12 bits per heavy atom. The number of carbonyl (C=O) groups excluding carboxylic acids is 2. The van der Waals surface area contributed by atoms with Crippen molar-refractivity contribution in [3.63, 3.8) is 0 Å². The number of carboxylic acids is 2. The molecule has 0 spiro atoms. The van der Waals surface area contributed by atoms with Crippen molar-refractivity contribution >= 4 is 68.7 Å². The van der Waals surface area contributed by atoms with Crippen molar-refractivity contribution in [2.45, 2.75) is 37.4 Å². The topological polar surface area (TPSA) is 214 Å². The number of aliphatic carboxylic acids is 2. The fourth-order valence-electron chi connectivity index (χ4n) is 3.99. The van der Waals surface area contributed by atoms with E-state index >= 15 is 0 Å². The van der Waals surface area contributed by atoms with Gasteiger partial charge in [-0.1, -0.05) is 10.3 Å². The quantitative estimate of drug-likeness (QED) is 0.114. The number of aromatic nitrogens is 3. The molecule has 5 N–H and O–H groups in total. The van der Waals surface area contributed by atoms with Crippen LogP contribution in [-0.2, 0) is 30.6 Å². The summed E-state index contributed by atoms with van der Waals surface area (Å²) >= 11 is 2.86. The average Bonchev–Trinajstić information content (AvgIpc) is 3.55. The van der Waals surface area contributed by atoms with Gasteiger partial charge in [-0.25, -0.2) is 9.59 Å². The number of thioether (sulfide) groups is 1. The first-order valence-corrected chi connectivity index (χ1v) is 13.6. The Labute approximate surface area is 233 Å². The molecule has 1 unspecified atom stereocenters. The third-order valence-corrected chi connectivity index (χ3v) is 8.32. The summed E-state index contributed by atoms with van der Waals surface area (Å²) in [5.41, 5.74) is 3.45. The van der Waals surface area contributed by atoms with Gasteiger partial charge in [-0.2, -0.15) is 9.55 Å². The molecule has 17 heteroatoms. The van der Waals surface area contributed by atoms with Gasteiger partial charge in [0.05, 0.1) is 4.70 Å². The van der Waals surface area contributed by atoms with Gasteiger partial charge in [0.1, 0.15) is 17.1 Å². The number of rotatable bonds is 9. The van der Waals surface area contributed by atoms with Crippen LogP contribution in [0, 0.1) is 0 Å². The van der Waals surface area contributed by atoms with Gasteiger partial charge in [0.25, 0.3) is 11.8 Å². The zero-order valence-corrected chi connectivity index (χ0v) is 22.6. The van der Waals surface area contributed by atoms with Gasteiger partial charge in [-0.05, 0) is 25.3 Å². The van der Waals surface area contributed by atoms with E-state index < -0.39 is 52.3 Å². The van der Waals surface area contributed by atoms with Crippen LogP contribution < -0.4 is 15.6 Å². The minimum Gasteiger partial charge on any atom is -0.478 e. The fraction of sp³-hybridized carbons (Fsp3) is 0.304. The lowest BCUT2D eigenvalue weighted by Crippen LogP contribution is -2.71. The van der Waals surface area contributed by atoms with E-state index in [0.717, 1.165) is 15.0 Å². The molecule has 0 radical (unpaired) electrons. The second-order valence-corrected chi connectivity index (χ2v) is 11.3. The van der Waals surface area contributed by atoms with Crippen LogP contribution in [0.2, 0.25) is 0 Å². The summed E-state index contributed by atoms with van der Waals surface area (Å²) < 4.78 is 7.58. The number of anilines is 1. The number of nitrogens with one attached hydrogen (secondary N) is 1. The summed E-state index contributed by atoms with van der Waals surface area (Å²) in [5.74, 6) is -4.33. The monoisotopic (exact) mass is 588 g/mol. The molecule has 1 saturated heterocycles. The third kappa shape index (κ3) is 4.95. The van der Waals surface area contributed by atoms with Gasteiger partial charge in [-0.3, -0.25) is 14.5 Å². The molecule has 3 aromatic heterocycles. The molecule has 40 heavy (non-hydrogen) atoms. The molecule has 15 nitrogen and oxygen atoms in total. The van der Waals surface area contributed by atoms with Gasteiger partial charge >= 0.3 is 18.0 Å². The number of amides is 2. The van der Waals surface area contributed by atoms with E-state index in [0.29, 0.717) is 11.3 Å². The summed E-state index contributed by atoms with van der Waals surface area (Å²) in [6, 6.07) is 2.43. The zero-order valence-electron chi connectivity index (χ0n) is 20.9. The number of carboxylic acid groups (broad SMARTS) is 2. The van der Waals surface area contributed by atoms with Crippen molar-refractivity contribution < 1.29 is 43.3 Å². The Balaban J connectivity index is 1.36. The summed E-state index contributed by atoms with van der Waals surface area (Å²) in [4.78, 5) is 59.8. The molecule has 0 saturated carbocycles. The van der Waals surface area contributed by atoms with Crippen LogP contribution in [0.1, 0.15) is 19.7 Å². The van der Waals surface area contributed by atoms with Crippen LogP contribution in [-0.4, -0.2) is 77.5 Å². The molecule has 3 aromatic rings. The molecule has 1 fully saturated rings. The van der Waals surface area contributed by atoms with Crippen LogP contribution in [0.25, 0.3) is 10.1 Å². The van der Waals surface area contributed by atoms with E-state index in [1.165, 1.54) is 25.6 Å². The van der Waals surface area contributed by atoms with Crippen molar-refractivity contribution in [2.24, 2.45) is 5.16 Å². The number of hydrogen-bond donors (Lipinski definition) is 4. The highest BCUT2D eigenvalue weighted by atomic mass is 32.2. The van der Waals surface area contributed by atoms with E-state index in [2.05, 4.69) is 25.1 Å². The van der Waals surface area contributed by atoms with Crippen LogP contribution in [0.4, 0.5) is 6.01 Å². The third-order valence-electron chi connectivity index (χ3n) is 6.11. The molecule has 208 valence electrons. The van der Waals surface area contributed by atoms with Crippen molar-refractivity contribution in [1.29, 1.82) is 0 Å². The van der Waals surface area contributed by atoms with E-state index in [-0.39, 0.29) is 18.3 Å². The van der Waals surface area contributed by atoms with Gasteiger partial charge in [0.15, 0.2) is 18.9 Å². The van der Waals surface area contributed by atoms with Crippen LogP contribution in [0.5, 0.6) is 0 Å². The number of pyridine rings is 1. The minimum atomic E-state index is -1.81. The predicted octanol–water partition coefficient (Wildman–Crippen LogP) is 0.177. The molecule has 2 amide bonds. The Morgan fingerprint density at radius 3 is 2.80 bits per heavy atom. The molecule has 5 rings (SSSR count). The Bertz CT molecular complexity index is 1610. The number of fused-ring (bicyclic) bond motifs is 2. The van der Waals surface area contributed by atoms with Gasteiger partial charge in [0, 0.05) is 22.8 Å². The molecule has 2 atom stereocenters. The zero-order chi connectivity index (χ0) is 28.8. The van der Waals surface area contributed by atoms with Crippen molar-refractivity contribution in [2.75, 3.05) is 11.5 Å². The second-order valence-electron chi connectivity index (χ2n) is 9.28. The number of hydrogen-bond acceptors (Lipinski definition) is 12. The van der Waals surface area contributed by atoms with Crippen molar-refractivity contribution in [1.82, 2.24) is 20.4 Å². The van der Waals surface area contributed by atoms with Crippen molar-refractivity contribution in [3.05, 3.63) is 47.0 Å². The van der Waals surface area contributed by atoms with E-state index in [1.54, 1.807) is 11.3 Å². The largest absolute Gasteiger partial charge is 0.478 e. The number of thiophene rings is 1. The maximum Gasteiger partial charge on any atom is 0.352 e. The summed E-state index contributed by atoms with van der Waals surface area (Å²) in [5, 5.41) is 31.2. The van der Waals surface area contributed by atoms with E-state index in [9.17, 15) is 29.4 Å². The molecule has 0 aromatic carbocycles.